The van der Waals surface area contributed by atoms with E-state index in [2.05, 4.69) is 0 Å². The Morgan fingerprint density at radius 2 is 1.89 bits per heavy atom. The zero-order valence-corrected chi connectivity index (χ0v) is 9.28. The highest BCUT2D eigenvalue weighted by atomic mass is 16.7. The number of nitrogens with zero attached hydrogens (tertiary/aromatic N) is 2. The molecule has 1 aliphatic rings. The zero-order chi connectivity index (χ0) is 13.3. The topological polar surface area (TPSA) is 105 Å². The molecule has 1 heterocycles. The van der Waals surface area contributed by atoms with E-state index >= 15 is 0 Å². The summed E-state index contributed by atoms with van der Waals surface area (Å²) in [5.74, 6) is 0.598. The van der Waals surface area contributed by atoms with Gasteiger partial charge in [0, 0.05) is 13.0 Å². The molecular formula is C10H8N2O6. The third-order valence-electron chi connectivity index (χ3n) is 2.37. The number of fused-ring (bicyclic) bond motifs is 1. The van der Waals surface area contributed by atoms with Crippen LogP contribution < -0.4 is 9.47 Å². The van der Waals surface area contributed by atoms with Crippen molar-refractivity contribution in [1.29, 1.82) is 0 Å². The van der Waals surface area contributed by atoms with Gasteiger partial charge in [-0.15, -0.1) is 0 Å². The summed E-state index contributed by atoms with van der Waals surface area (Å²) in [5, 5.41) is 21.4. The summed E-state index contributed by atoms with van der Waals surface area (Å²) in [6.45, 7) is 1.24. The van der Waals surface area contributed by atoms with Crippen LogP contribution in [0.3, 0.4) is 0 Å². The first-order chi connectivity index (χ1) is 8.49. The second kappa shape index (κ2) is 4.32. The molecule has 8 heteroatoms. The Labute approximate surface area is 101 Å². The Hall–Kier alpha value is -2.64. The Kier molecular flexibility index (Phi) is 2.84. The molecule has 1 aromatic rings. The summed E-state index contributed by atoms with van der Waals surface area (Å²) in [4.78, 5) is 20.2. The minimum atomic E-state index is -0.624. The average molecular weight is 252 g/mol. The number of nitro benzene ring substituents is 1. The molecule has 0 saturated heterocycles. The van der Waals surface area contributed by atoms with Gasteiger partial charge in [0.1, 0.15) is 0 Å². The van der Waals surface area contributed by atoms with E-state index in [0.717, 1.165) is 6.08 Å². The second-order valence-corrected chi connectivity index (χ2v) is 3.56. The maximum absolute atomic E-state index is 10.9. The van der Waals surface area contributed by atoms with Crippen LogP contribution >= 0.6 is 0 Å². The SMILES string of the molecule is C/C(=C\c1cc2c(cc1[N+](=O)[O-])OCO2)[N+](=O)[O-]. The predicted molar refractivity (Wildman–Crippen MR) is 59.9 cm³/mol. The van der Waals surface area contributed by atoms with Gasteiger partial charge in [-0.2, -0.15) is 0 Å². The first-order valence-electron chi connectivity index (χ1n) is 4.90. The molecule has 0 spiro atoms. The van der Waals surface area contributed by atoms with Crippen molar-refractivity contribution >= 4 is 11.8 Å². The first kappa shape index (κ1) is 11.8. The van der Waals surface area contributed by atoms with Crippen LogP contribution in [-0.2, 0) is 0 Å². The van der Waals surface area contributed by atoms with Crippen molar-refractivity contribution in [2.75, 3.05) is 6.79 Å². The molecule has 0 N–H and O–H groups in total. The molecule has 0 saturated carbocycles. The number of nitro groups is 2. The van der Waals surface area contributed by atoms with Crippen molar-refractivity contribution in [3.8, 4) is 11.5 Å². The third kappa shape index (κ3) is 2.08. The molecule has 8 nitrogen and oxygen atoms in total. The molecule has 0 bridgehead atoms. The molecule has 0 aromatic heterocycles. The van der Waals surface area contributed by atoms with Crippen molar-refractivity contribution in [2.24, 2.45) is 0 Å². The fraction of sp³-hybridized carbons (Fsp3) is 0.200. The Bertz CT molecular complexity index is 566. The molecule has 2 rings (SSSR count). The van der Waals surface area contributed by atoms with E-state index in [0.29, 0.717) is 5.75 Å². The normalized spacial score (nSPS) is 13.5. The lowest BCUT2D eigenvalue weighted by molar-refractivity contribution is -0.422. The van der Waals surface area contributed by atoms with Crippen molar-refractivity contribution in [3.05, 3.63) is 43.6 Å². The van der Waals surface area contributed by atoms with Crippen LogP contribution in [0.2, 0.25) is 0 Å². The van der Waals surface area contributed by atoms with E-state index < -0.39 is 9.85 Å². The first-order valence-corrected chi connectivity index (χ1v) is 4.90. The summed E-state index contributed by atoms with van der Waals surface area (Å²) in [6.07, 6.45) is 1.13. The van der Waals surface area contributed by atoms with Gasteiger partial charge in [-0.05, 0) is 6.07 Å². The minimum absolute atomic E-state index is 0.0200. The van der Waals surface area contributed by atoms with Crippen LogP contribution in [0.25, 0.3) is 6.08 Å². The Morgan fingerprint density at radius 1 is 1.28 bits per heavy atom. The van der Waals surface area contributed by atoms with Gasteiger partial charge in [0.15, 0.2) is 11.5 Å². The molecule has 1 aliphatic heterocycles. The molecule has 0 radical (unpaired) electrons. The van der Waals surface area contributed by atoms with E-state index in [9.17, 15) is 20.2 Å². The van der Waals surface area contributed by atoms with Gasteiger partial charge in [0.25, 0.3) is 5.69 Å². The number of hydrogen-bond acceptors (Lipinski definition) is 6. The molecule has 0 aliphatic carbocycles. The highest BCUT2D eigenvalue weighted by molar-refractivity contribution is 5.67. The molecular weight excluding hydrogens is 244 g/mol. The number of benzene rings is 1. The Morgan fingerprint density at radius 3 is 2.44 bits per heavy atom. The van der Waals surface area contributed by atoms with Gasteiger partial charge in [-0.1, -0.05) is 0 Å². The van der Waals surface area contributed by atoms with Crippen LogP contribution in [0, 0.1) is 20.2 Å². The van der Waals surface area contributed by atoms with Gasteiger partial charge in [-0.25, -0.2) is 0 Å². The highest BCUT2D eigenvalue weighted by Crippen LogP contribution is 2.38. The summed E-state index contributed by atoms with van der Waals surface area (Å²) in [5.41, 5.74) is -0.351. The smallest absolute Gasteiger partial charge is 0.280 e. The molecule has 18 heavy (non-hydrogen) atoms. The van der Waals surface area contributed by atoms with Gasteiger partial charge in [-0.3, -0.25) is 20.2 Å². The van der Waals surface area contributed by atoms with Crippen LogP contribution in [0.1, 0.15) is 12.5 Å². The quantitative estimate of drug-likeness (QED) is 0.601. The van der Waals surface area contributed by atoms with Crippen LogP contribution in [0.4, 0.5) is 5.69 Å². The second-order valence-electron chi connectivity index (χ2n) is 3.56. The van der Waals surface area contributed by atoms with E-state index in [1.54, 1.807) is 0 Å². The van der Waals surface area contributed by atoms with E-state index in [4.69, 9.17) is 9.47 Å². The van der Waals surface area contributed by atoms with Crippen molar-refractivity contribution in [2.45, 2.75) is 6.92 Å². The number of ether oxygens (including phenoxy) is 2. The van der Waals surface area contributed by atoms with Crippen LogP contribution in [0.15, 0.2) is 17.8 Å². The lowest BCUT2D eigenvalue weighted by Crippen LogP contribution is -1.96. The summed E-state index contributed by atoms with van der Waals surface area (Å²) < 4.78 is 10.1. The summed E-state index contributed by atoms with van der Waals surface area (Å²) in [7, 11) is 0. The predicted octanol–water partition coefficient (Wildman–Crippen LogP) is 1.96. The van der Waals surface area contributed by atoms with E-state index in [1.807, 2.05) is 0 Å². The maximum Gasteiger partial charge on any atom is 0.280 e. The molecule has 0 unspecified atom stereocenters. The fourth-order valence-electron chi connectivity index (χ4n) is 1.50. The molecule has 0 fully saturated rings. The van der Waals surface area contributed by atoms with Crippen LogP contribution in [-0.4, -0.2) is 16.6 Å². The van der Waals surface area contributed by atoms with E-state index in [1.165, 1.54) is 19.1 Å². The Balaban J connectivity index is 2.55. The number of hydrogen-bond donors (Lipinski definition) is 0. The minimum Gasteiger partial charge on any atom is -0.454 e. The fourth-order valence-corrected chi connectivity index (χ4v) is 1.50. The van der Waals surface area contributed by atoms with Crippen molar-refractivity contribution in [3.63, 3.8) is 0 Å². The van der Waals surface area contributed by atoms with Gasteiger partial charge in [0.05, 0.1) is 21.5 Å². The van der Waals surface area contributed by atoms with Crippen LogP contribution in [0.5, 0.6) is 11.5 Å². The number of allylic oxidation sites excluding steroid dienone is 1. The summed E-state index contributed by atoms with van der Waals surface area (Å²) >= 11 is 0. The van der Waals surface area contributed by atoms with Crippen molar-refractivity contribution in [1.82, 2.24) is 0 Å². The van der Waals surface area contributed by atoms with Crippen molar-refractivity contribution < 1.29 is 19.3 Å². The molecule has 0 atom stereocenters. The maximum atomic E-state index is 10.9. The lowest BCUT2D eigenvalue weighted by Gasteiger charge is -2.00. The van der Waals surface area contributed by atoms with Gasteiger partial charge < -0.3 is 9.47 Å². The standard InChI is InChI=1S/C10H8N2O6/c1-6(11(13)14)2-7-3-9-10(18-5-17-9)4-8(7)12(15)16/h2-4H,5H2,1H3/b6-2+. The van der Waals surface area contributed by atoms with Gasteiger partial charge >= 0.3 is 0 Å². The van der Waals surface area contributed by atoms with Gasteiger partial charge in [0.2, 0.25) is 12.5 Å². The average Bonchev–Trinajstić information content (AvgIpc) is 2.74. The molecule has 0 amide bonds. The molecule has 1 aromatic carbocycles. The monoisotopic (exact) mass is 252 g/mol. The number of rotatable bonds is 3. The lowest BCUT2D eigenvalue weighted by atomic mass is 10.1. The summed E-state index contributed by atoms with van der Waals surface area (Å²) in [6, 6.07) is 2.55. The zero-order valence-electron chi connectivity index (χ0n) is 9.28. The van der Waals surface area contributed by atoms with E-state index in [-0.39, 0.29) is 29.5 Å². The third-order valence-corrected chi connectivity index (χ3v) is 2.37. The highest BCUT2D eigenvalue weighted by Gasteiger charge is 2.23. The largest absolute Gasteiger partial charge is 0.454 e. The molecule has 94 valence electrons.